The molecule has 0 amide bonds. The minimum absolute atomic E-state index is 0.180. The van der Waals surface area contributed by atoms with Crippen LogP contribution in [0.5, 0.6) is 0 Å². The molecule has 1 N–H and O–H groups in total. The van der Waals surface area contributed by atoms with Gasteiger partial charge >= 0.3 is 0 Å². The smallest absolute Gasteiger partial charge is 0.262 e. The van der Waals surface area contributed by atoms with Gasteiger partial charge in [0.1, 0.15) is 5.76 Å². The van der Waals surface area contributed by atoms with E-state index in [2.05, 4.69) is 33.7 Å². The molecule has 0 radical (unpaired) electrons. The Morgan fingerprint density at radius 2 is 2.04 bits per heavy atom. The van der Waals surface area contributed by atoms with E-state index in [-0.39, 0.29) is 5.56 Å². The summed E-state index contributed by atoms with van der Waals surface area (Å²) in [6.07, 6.45) is 4.46. The van der Waals surface area contributed by atoms with Gasteiger partial charge in [0.2, 0.25) is 5.95 Å². The van der Waals surface area contributed by atoms with E-state index < -0.39 is 0 Å². The highest BCUT2D eigenvalue weighted by molar-refractivity contribution is 5.90. The molecule has 6 nitrogen and oxygen atoms in total. The Hall–Kier alpha value is -2.63. The number of hydrogen-bond donors (Lipinski definition) is 1. The van der Waals surface area contributed by atoms with Gasteiger partial charge in [0.25, 0.3) is 5.56 Å². The van der Waals surface area contributed by atoms with Crippen molar-refractivity contribution in [2.45, 2.75) is 20.3 Å². The molecule has 0 bridgehead atoms. The summed E-state index contributed by atoms with van der Waals surface area (Å²) in [6, 6.07) is 5.41. The first-order valence-electron chi connectivity index (χ1n) is 8.29. The van der Waals surface area contributed by atoms with Gasteiger partial charge < -0.3 is 9.32 Å². The van der Waals surface area contributed by atoms with E-state index in [9.17, 15) is 4.79 Å². The SMILES string of the molecule is CC1CC(C)CN(c2nc3nccc(-c4ccco4)c3c(=O)[nH]2)C1. The van der Waals surface area contributed by atoms with Crippen LogP contribution in [0.25, 0.3) is 22.4 Å². The van der Waals surface area contributed by atoms with Crippen molar-refractivity contribution >= 4 is 17.0 Å². The molecular weight excluding hydrogens is 304 g/mol. The monoisotopic (exact) mass is 324 g/mol. The van der Waals surface area contributed by atoms with Crippen LogP contribution in [0.2, 0.25) is 0 Å². The summed E-state index contributed by atoms with van der Waals surface area (Å²) in [5.74, 6) is 2.41. The van der Waals surface area contributed by atoms with Crippen molar-refractivity contribution in [3.8, 4) is 11.3 Å². The van der Waals surface area contributed by atoms with Gasteiger partial charge in [0.15, 0.2) is 5.65 Å². The number of H-pyrrole nitrogens is 1. The summed E-state index contributed by atoms with van der Waals surface area (Å²) in [6.45, 7) is 6.26. The Kier molecular flexibility index (Phi) is 3.59. The number of hydrogen-bond acceptors (Lipinski definition) is 5. The number of piperidine rings is 1. The Morgan fingerprint density at radius 1 is 1.25 bits per heavy atom. The van der Waals surface area contributed by atoms with E-state index in [0.29, 0.717) is 40.1 Å². The van der Waals surface area contributed by atoms with Crippen molar-refractivity contribution in [1.82, 2.24) is 15.0 Å². The third-order valence-electron chi connectivity index (χ3n) is 4.55. The molecule has 0 aliphatic carbocycles. The Labute approximate surface area is 139 Å². The fourth-order valence-corrected chi connectivity index (χ4v) is 3.67. The topological polar surface area (TPSA) is 75.0 Å². The molecule has 124 valence electrons. The lowest BCUT2D eigenvalue weighted by Crippen LogP contribution is -2.40. The number of aromatic nitrogens is 3. The molecule has 6 heteroatoms. The molecule has 1 fully saturated rings. The average Bonchev–Trinajstić information content (AvgIpc) is 3.07. The van der Waals surface area contributed by atoms with Crippen molar-refractivity contribution in [2.24, 2.45) is 11.8 Å². The normalized spacial score (nSPS) is 21.3. The van der Waals surface area contributed by atoms with E-state index in [1.54, 1.807) is 24.6 Å². The molecular formula is C18H20N4O2. The van der Waals surface area contributed by atoms with Gasteiger partial charge in [-0.1, -0.05) is 13.8 Å². The van der Waals surface area contributed by atoms with Crippen LogP contribution in [0.4, 0.5) is 5.95 Å². The summed E-state index contributed by atoms with van der Waals surface area (Å²) >= 11 is 0. The molecule has 1 aliphatic rings. The second-order valence-corrected chi connectivity index (χ2v) is 6.77. The Balaban J connectivity index is 1.83. The van der Waals surface area contributed by atoms with Crippen LogP contribution in [0, 0.1) is 11.8 Å². The van der Waals surface area contributed by atoms with Gasteiger partial charge in [0, 0.05) is 24.8 Å². The zero-order chi connectivity index (χ0) is 16.7. The van der Waals surface area contributed by atoms with Crippen LogP contribution in [-0.2, 0) is 0 Å². The number of fused-ring (bicyclic) bond motifs is 1. The van der Waals surface area contributed by atoms with Crippen molar-refractivity contribution in [3.05, 3.63) is 41.0 Å². The average molecular weight is 324 g/mol. The van der Waals surface area contributed by atoms with Crippen LogP contribution in [0.1, 0.15) is 20.3 Å². The van der Waals surface area contributed by atoms with Crippen LogP contribution in [0.15, 0.2) is 39.9 Å². The lowest BCUT2D eigenvalue weighted by atomic mass is 9.92. The third-order valence-corrected chi connectivity index (χ3v) is 4.55. The first-order valence-corrected chi connectivity index (χ1v) is 8.29. The molecule has 2 unspecified atom stereocenters. The molecule has 4 heterocycles. The lowest BCUT2D eigenvalue weighted by molar-refractivity contribution is 0.353. The van der Waals surface area contributed by atoms with E-state index in [1.165, 1.54) is 6.42 Å². The van der Waals surface area contributed by atoms with Gasteiger partial charge in [-0.3, -0.25) is 9.78 Å². The molecule has 24 heavy (non-hydrogen) atoms. The van der Waals surface area contributed by atoms with E-state index >= 15 is 0 Å². The van der Waals surface area contributed by atoms with Crippen LogP contribution < -0.4 is 10.5 Å². The van der Waals surface area contributed by atoms with Crippen LogP contribution in [0.3, 0.4) is 0 Å². The minimum atomic E-state index is -0.180. The summed E-state index contributed by atoms with van der Waals surface area (Å²) in [5, 5.41) is 0.467. The van der Waals surface area contributed by atoms with Gasteiger partial charge in [-0.05, 0) is 36.5 Å². The lowest BCUT2D eigenvalue weighted by Gasteiger charge is -2.35. The highest BCUT2D eigenvalue weighted by Crippen LogP contribution is 2.27. The molecule has 3 aromatic rings. The maximum Gasteiger partial charge on any atom is 0.262 e. The van der Waals surface area contributed by atoms with Gasteiger partial charge in [-0.15, -0.1) is 0 Å². The Bertz CT molecular complexity index is 906. The molecule has 3 aromatic heterocycles. The van der Waals surface area contributed by atoms with Crippen molar-refractivity contribution < 1.29 is 4.42 Å². The standard InChI is InChI=1S/C18H20N4O2/c1-11-8-12(2)10-22(9-11)18-20-16-15(17(23)21-18)13(5-6-19-16)14-4-3-7-24-14/h3-7,11-12H,8-10H2,1-2H3,(H,19,20,21,23). The predicted molar refractivity (Wildman–Crippen MR) is 93.0 cm³/mol. The number of aromatic amines is 1. The number of furan rings is 1. The van der Waals surface area contributed by atoms with Crippen LogP contribution in [-0.4, -0.2) is 28.0 Å². The predicted octanol–water partition coefficient (Wildman–Crippen LogP) is 3.06. The Morgan fingerprint density at radius 3 is 2.75 bits per heavy atom. The summed E-state index contributed by atoms with van der Waals surface area (Å²) in [7, 11) is 0. The highest BCUT2D eigenvalue weighted by atomic mass is 16.3. The molecule has 0 saturated carbocycles. The zero-order valence-electron chi connectivity index (χ0n) is 13.8. The number of nitrogens with one attached hydrogen (secondary N) is 1. The fourth-order valence-electron chi connectivity index (χ4n) is 3.67. The molecule has 1 saturated heterocycles. The van der Waals surface area contributed by atoms with E-state index in [1.807, 2.05) is 6.07 Å². The number of rotatable bonds is 2. The maximum atomic E-state index is 12.7. The second-order valence-electron chi connectivity index (χ2n) is 6.77. The minimum Gasteiger partial charge on any atom is -0.464 e. The van der Waals surface area contributed by atoms with Crippen molar-refractivity contribution in [1.29, 1.82) is 0 Å². The maximum absolute atomic E-state index is 12.7. The summed E-state index contributed by atoms with van der Waals surface area (Å²) in [5.41, 5.74) is 0.986. The third kappa shape index (κ3) is 2.58. The van der Waals surface area contributed by atoms with E-state index in [4.69, 9.17) is 4.42 Å². The second kappa shape index (κ2) is 5.78. The quantitative estimate of drug-likeness (QED) is 0.784. The molecule has 0 spiro atoms. The fraction of sp³-hybridized carbons (Fsp3) is 0.389. The van der Waals surface area contributed by atoms with Gasteiger partial charge in [0.05, 0.1) is 11.6 Å². The number of pyridine rings is 1. The van der Waals surface area contributed by atoms with Crippen LogP contribution >= 0.6 is 0 Å². The summed E-state index contributed by atoms with van der Waals surface area (Å²) in [4.78, 5) is 26.7. The molecule has 2 atom stereocenters. The first-order chi connectivity index (χ1) is 11.6. The molecule has 1 aliphatic heterocycles. The first kappa shape index (κ1) is 14.9. The van der Waals surface area contributed by atoms with Gasteiger partial charge in [-0.2, -0.15) is 4.98 Å². The molecule has 0 aromatic carbocycles. The van der Waals surface area contributed by atoms with Crippen molar-refractivity contribution in [3.63, 3.8) is 0 Å². The highest BCUT2D eigenvalue weighted by Gasteiger charge is 2.24. The summed E-state index contributed by atoms with van der Waals surface area (Å²) < 4.78 is 5.44. The largest absolute Gasteiger partial charge is 0.464 e. The zero-order valence-corrected chi connectivity index (χ0v) is 13.8. The number of nitrogens with zero attached hydrogens (tertiary/aromatic N) is 3. The van der Waals surface area contributed by atoms with Gasteiger partial charge in [-0.25, -0.2) is 4.98 Å². The van der Waals surface area contributed by atoms with E-state index in [0.717, 1.165) is 13.1 Å². The molecule has 4 rings (SSSR count). The number of anilines is 1. The van der Waals surface area contributed by atoms with Crippen molar-refractivity contribution in [2.75, 3.05) is 18.0 Å².